The van der Waals surface area contributed by atoms with Gasteiger partial charge in [0.25, 0.3) is 5.91 Å². The maximum absolute atomic E-state index is 12.3. The van der Waals surface area contributed by atoms with Crippen LogP contribution in [-0.4, -0.2) is 29.7 Å². The first kappa shape index (κ1) is 12.3. The van der Waals surface area contributed by atoms with Crippen LogP contribution < -0.4 is 0 Å². The standard InChI is InChI=1S/C13H14BrNO2/c1-9-4-2-6-11(12(9)14)13(17)15-7-3-5-10(16)8-15/h2,4,6H,3,5,7-8H2,1H3. The van der Waals surface area contributed by atoms with Crippen molar-refractivity contribution >= 4 is 27.6 Å². The van der Waals surface area contributed by atoms with Crippen molar-refractivity contribution in [2.75, 3.05) is 13.1 Å². The van der Waals surface area contributed by atoms with E-state index in [0.29, 0.717) is 18.5 Å². The average Bonchev–Trinajstić information content (AvgIpc) is 2.32. The van der Waals surface area contributed by atoms with Crippen molar-refractivity contribution in [3.8, 4) is 0 Å². The number of rotatable bonds is 1. The van der Waals surface area contributed by atoms with Crippen LogP contribution in [0.5, 0.6) is 0 Å². The number of nitrogens with zero attached hydrogens (tertiary/aromatic N) is 1. The Bertz CT molecular complexity index is 470. The quantitative estimate of drug-likeness (QED) is 0.798. The number of aryl methyl sites for hydroxylation is 1. The number of carbonyl (C=O) groups is 2. The lowest BCUT2D eigenvalue weighted by atomic mass is 10.1. The minimum atomic E-state index is -0.0615. The molecule has 1 aromatic rings. The summed E-state index contributed by atoms with van der Waals surface area (Å²) in [6, 6.07) is 5.60. The molecule has 0 saturated carbocycles. The van der Waals surface area contributed by atoms with E-state index >= 15 is 0 Å². The third-order valence-electron chi connectivity index (χ3n) is 2.96. The predicted octanol–water partition coefficient (Wildman–Crippen LogP) is 2.56. The zero-order chi connectivity index (χ0) is 12.4. The van der Waals surface area contributed by atoms with Gasteiger partial charge in [-0.15, -0.1) is 0 Å². The molecule has 0 unspecified atom stereocenters. The predicted molar refractivity (Wildman–Crippen MR) is 69.0 cm³/mol. The van der Waals surface area contributed by atoms with Gasteiger partial charge in [-0.3, -0.25) is 9.59 Å². The smallest absolute Gasteiger partial charge is 0.255 e. The molecule has 3 nitrogen and oxygen atoms in total. The highest BCUT2D eigenvalue weighted by molar-refractivity contribution is 9.10. The molecule has 4 heteroatoms. The van der Waals surface area contributed by atoms with Gasteiger partial charge in [0.15, 0.2) is 5.78 Å². The lowest BCUT2D eigenvalue weighted by Crippen LogP contribution is -2.40. The maximum atomic E-state index is 12.3. The Hall–Kier alpha value is -1.16. The number of likely N-dealkylation sites (tertiary alicyclic amines) is 1. The number of Topliss-reactive ketones (excluding diaryl/α,β-unsaturated/α-hetero) is 1. The molecular formula is C13H14BrNO2. The van der Waals surface area contributed by atoms with Crippen LogP contribution in [0.15, 0.2) is 22.7 Å². The number of hydrogen-bond acceptors (Lipinski definition) is 2. The number of amides is 1. The molecule has 17 heavy (non-hydrogen) atoms. The van der Waals surface area contributed by atoms with E-state index in [0.717, 1.165) is 16.5 Å². The Morgan fingerprint density at radius 1 is 1.41 bits per heavy atom. The third-order valence-corrected chi connectivity index (χ3v) is 4.01. The fraction of sp³-hybridized carbons (Fsp3) is 0.385. The van der Waals surface area contributed by atoms with Crippen LogP contribution in [0.3, 0.4) is 0 Å². The van der Waals surface area contributed by atoms with Gasteiger partial charge in [-0.1, -0.05) is 12.1 Å². The fourth-order valence-electron chi connectivity index (χ4n) is 1.99. The highest BCUT2D eigenvalue weighted by atomic mass is 79.9. The lowest BCUT2D eigenvalue weighted by Gasteiger charge is -2.26. The van der Waals surface area contributed by atoms with Crippen LogP contribution in [0.1, 0.15) is 28.8 Å². The number of piperidine rings is 1. The van der Waals surface area contributed by atoms with Crippen LogP contribution in [0.2, 0.25) is 0 Å². The molecule has 1 amide bonds. The van der Waals surface area contributed by atoms with Crippen LogP contribution in [0.25, 0.3) is 0 Å². The lowest BCUT2D eigenvalue weighted by molar-refractivity contribution is -0.121. The number of carbonyl (C=O) groups excluding carboxylic acids is 2. The minimum absolute atomic E-state index is 0.0615. The molecular weight excluding hydrogens is 282 g/mol. The summed E-state index contributed by atoms with van der Waals surface area (Å²) in [6.07, 6.45) is 1.37. The Kier molecular flexibility index (Phi) is 3.62. The van der Waals surface area contributed by atoms with Crippen molar-refractivity contribution in [3.05, 3.63) is 33.8 Å². The van der Waals surface area contributed by atoms with Crippen molar-refractivity contribution in [2.45, 2.75) is 19.8 Å². The molecule has 0 aliphatic carbocycles. The second-order valence-electron chi connectivity index (χ2n) is 4.31. The topological polar surface area (TPSA) is 37.4 Å². The molecule has 0 atom stereocenters. The summed E-state index contributed by atoms with van der Waals surface area (Å²) < 4.78 is 0.822. The summed E-state index contributed by atoms with van der Waals surface area (Å²) in [7, 11) is 0. The van der Waals surface area contributed by atoms with Gasteiger partial charge in [0.2, 0.25) is 0 Å². The number of benzene rings is 1. The molecule has 2 rings (SSSR count). The van der Waals surface area contributed by atoms with Gasteiger partial charge in [0.05, 0.1) is 12.1 Å². The van der Waals surface area contributed by atoms with Crippen molar-refractivity contribution in [2.24, 2.45) is 0 Å². The normalized spacial score (nSPS) is 16.1. The maximum Gasteiger partial charge on any atom is 0.255 e. The zero-order valence-corrected chi connectivity index (χ0v) is 11.3. The van der Waals surface area contributed by atoms with E-state index in [1.807, 2.05) is 19.1 Å². The van der Waals surface area contributed by atoms with Gasteiger partial charge in [0, 0.05) is 17.4 Å². The van der Waals surface area contributed by atoms with Crippen LogP contribution in [0, 0.1) is 6.92 Å². The fourth-order valence-corrected chi connectivity index (χ4v) is 2.43. The van der Waals surface area contributed by atoms with Crippen molar-refractivity contribution in [1.29, 1.82) is 0 Å². The van der Waals surface area contributed by atoms with Gasteiger partial charge >= 0.3 is 0 Å². The Morgan fingerprint density at radius 2 is 2.18 bits per heavy atom. The van der Waals surface area contributed by atoms with Crippen LogP contribution >= 0.6 is 15.9 Å². The molecule has 90 valence electrons. The molecule has 0 radical (unpaired) electrons. The van der Waals surface area contributed by atoms with E-state index in [9.17, 15) is 9.59 Å². The summed E-state index contributed by atoms with van der Waals surface area (Å²) in [5, 5.41) is 0. The van der Waals surface area contributed by atoms with Gasteiger partial charge in [-0.25, -0.2) is 0 Å². The van der Waals surface area contributed by atoms with Crippen molar-refractivity contribution < 1.29 is 9.59 Å². The van der Waals surface area contributed by atoms with Gasteiger partial charge in [-0.2, -0.15) is 0 Å². The van der Waals surface area contributed by atoms with Crippen LogP contribution in [0.4, 0.5) is 0 Å². The summed E-state index contributed by atoms with van der Waals surface area (Å²) in [4.78, 5) is 25.2. The summed E-state index contributed by atoms with van der Waals surface area (Å²) >= 11 is 3.43. The Labute approximate surface area is 109 Å². The molecule has 1 saturated heterocycles. The van der Waals surface area contributed by atoms with Crippen LogP contribution in [-0.2, 0) is 4.79 Å². The summed E-state index contributed by atoms with van der Waals surface area (Å²) in [5.74, 6) is 0.0852. The minimum Gasteiger partial charge on any atom is -0.331 e. The van der Waals surface area contributed by atoms with Crippen molar-refractivity contribution in [3.63, 3.8) is 0 Å². The van der Waals surface area contributed by atoms with E-state index in [-0.39, 0.29) is 18.2 Å². The third kappa shape index (κ3) is 2.57. The zero-order valence-electron chi connectivity index (χ0n) is 9.70. The highest BCUT2D eigenvalue weighted by Crippen LogP contribution is 2.23. The number of halogens is 1. The highest BCUT2D eigenvalue weighted by Gasteiger charge is 2.24. The Balaban J connectivity index is 2.24. The first-order valence-electron chi connectivity index (χ1n) is 5.65. The van der Waals surface area contributed by atoms with E-state index in [2.05, 4.69) is 15.9 Å². The first-order chi connectivity index (χ1) is 8.09. The number of hydrogen-bond donors (Lipinski definition) is 0. The molecule has 1 aliphatic heterocycles. The van der Waals surface area contributed by atoms with Gasteiger partial charge in [-0.05, 0) is 40.9 Å². The Morgan fingerprint density at radius 3 is 2.88 bits per heavy atom. The second-order valence-corrected chi connectivity index (χ2v) is 5.10. The molecule has 0 spiro atoms. The molecule has 0 bridgehead atoms. The van der Waals surface area contributed by atoms with E-state index in [4.69, 9.17) is 0 Å². The second kappa shape index (κ2) is 5.00. The summed E-state index contributed by atoms with van der Waals surface area (Å²) in [5.41, 5.74) is 1.67. The SMILES string of the molecule is Cc1cccc(C(=O)N2CCCC(=O)C2)c1Br. The monoisotopic (exact) mass is 295 g/mol. The van der Waals surface area contributed by atoms with E-state index in [1.165, 1.54) is 0 Å². The largest absolute Gasteiger partial charge is 0.331 e. The molecule has 1 fully saturated rings. The molecule has 0 N–H and O–H groups in total. The molecule has 1 aliphatic rings. The van der Waals surface area contributed by atoms with Crippen molar-refractivity contribution in [1.82, 2.24) is 4.90 Å². The molecule has 1 aromatic carbocycles. The van der Waals surface area contributed by atoms with Gasteiger partial charge < -0.3 is 4.90 Å². The van der Waals surface area contributed by atoms with E-state index < -0.39 is 0 Å². The average molecular weight is 296 g/mol. The molecule has 1 heterocycles. The summed E-state index contributed by atoms with van der Waals surface area (Å²) in [6.45, 7) is 2.87. The molecule has 0 aromatic heterocycles. The first-order valence-corrected chi connectivity index (χ1v) is 6.45. The van der Waals surface area contributed by atoms with E-state index in [1.54, 1.807) is 11.0 Å². The number of ketones is 1. The van der Waals surface area contributed by atoms with Gasteiger partial charge in [0.1, 0.15) is 0 Å².